The molecular formula is C25H23NO4. The lowest BCUT2D eigenvalue weighted by Gasteiger charge is -2.35. The van der Waals surface area contributed by atoms with Crippen LogP contribution in [-0.4, -0.2) is 37.4 Å². The lowest BCUT2D eigenvalue weighted by molar-refractivity contribution is -0.110. The Bertz CT molecular complexity index is 1080. The maximum atomic E-state index is 13.4. The van der Waals surface area contributed by atoms with E-state index in [0.717, 1.165) is 17.5 Å². The van der Waals surface area contributed by atoms with Crippen molar-refractivity contribution in [1.82, 2.24) is 4.90 Å². The van der Waals surface area contributed by atoms with E-state index in [1.807, 2.05) is 53.5 Å². The van der Waals surface area contributed by atoms with Gasteiger partial charge < -0.3 is 14.4 Å². The number of carbonyl (C=O) groups excluding carboxylic acids is 2. The first-order chi connectivity index (χ1) is 14.6. The van der Waals surface area contributed by atoms with Crippen molar-refractivity contribution in [3.05, 3.63) is 83.0 Å². The molecule has 0 saturated carbocycles. The van der Waals surface area contributed by atoms with Crippen molar-refractivity contribution >= 4 is 11.7 Å². The van der Waals surface area contributed by atoms with E-state index in [1.165, 1.54) is 5.56 Å². The number of ketones is 1. The quantitative estimate of drug-likeness (QED) is 0.786. The normalized spacial score (nSPS) is 20.4. The Kier molecular flexibility index (Phi) is 4.28. The van der Waals surface area contributed by atoms with Crippen LogP contribution in [0.25, 0.3) is 0 Å². The summed E-state index contributed by atoms with van der Waals surface area (Å²) in [5.41, 5.74) is 3.51. The van der Waals surface area contributed by atoms with Gasteiger partial charge in [-0.05, 0) is 54.3 Å². The second-order valence-electron chi connectivity index (χ2n) is 8.00. The zero-order valence-corrected chi connectivity index (χ0v) is 17.1. The molecule has 0 unspecified atom stereocenters. The molecule has 0 radical (unpaired) electrons. The molecule has 1 spiro atoms. The van der Waals surface area contributed by atoms with E-state index < -0.39 is 5.41 Å². The van der Waals surface area contributed by atoms with Crippen molar-refractivity contribution < 1.29 is 19.1 Å². The maximum Gasteiger partial charge on any atom is 0.254 e. The van der Waals surface area contributed by atoms with E-state index in [0.29, 0.717) is 30.0 Å². The number of benzene rings is 2. The van der Waals surface area contributed by atoms with Gasteiger partial charge in [0.1, 0.15) is 0 Å². The number of fused-ring (bicyclic) bond motifs is 1. The summed E-state index contributed by atoms with van der Waals surface area (Å²) in [4.78, 5) is 27.2. The Morgan fingerprint density at radius 2 is 1.83 bits per heavy atom. The van der Waals surface area contributed by atoms with Gasteiger partial charge in [0.25, 0.3) is 5.91 Å². The Morgan fingerprint density at radius 3 is 2.50 bits per heavy atom. The number of rotatable bonds is 3. The number of amides is 1. The molecule has 30 heavy (non-hydrogen) atoms. The molecule has 2 aromatic carbocycles. The molecule has 0 N–H and O–H groups in total. The summed E-state index contributed by atoms with van der Waals surface area (Å²) < 4.78 is 11.4. The third-order valence-electron chi connectivity index (χ3n) is 6.50. The third kappa shape index (κ3) is 2.61. The first-order valence-electron chi connectivity index (χ1n) is 10.1. The van der Waals surface area contributed by atoms with Gasteiger partial charge >= 0.3 is 0 Å². The number of nitrogens with zero attached hydrogens (tertiary/aromatic N) is 1. The van der Waals surface area contributed by atoms with Gasteiger partial charge in [0, 0.05) is 23.1 Å². The number of carbonyl (C=O) groups is 2. The van der Waals surface area contributed by atoms with Crippen LogP contribution in [0.5, 0.6) is 11.5 Å². The van der Waals surface area contributed by atoms with E-state index in [1.54, 1.807) is 26.4 Å². The third-order valence-corrected chi connectivity index (χ3v) is 6.50. The number of hydrogen-bond acceptors (Lipinski definition) is 4. The second-order valence-corrected chi connectivity index (χ2v) is 8.00. The van der Waals surface area contributed by atoms with Crippen LogP contribution >= 0.6 is 0 Å². The summed E-state index contributed by atoms with van der Waals surface area (Å²) in [5, 5.41) is 0. The molecule has 5 heteroatoms. The number of allylic oxidation sites excluding steroid dienone is 4. The maximum absolute atomic E-state index is 13.4. The first kappa shape index (κ1) is 18.7. The standard InChI is InChI=1S/C25H23NO4/c1-29-20-14-17-10-13-26(24(28)16-6-4-3-5-7-16)19-15-25(11-8-18(27)9-12-25)22(21(17)19)23(20)30-2/h3-9,11-12,14,19H,10,13,15H2,1-2H3/t19-/m0/s1. The Hall–Kier alpha value is -3.34. The zero-order chi connectivity index (χ0) is 20.9. The highest BCUT2D eigenvalue weighted by Crippen LogP contribution is 2.58. The minimum atomic E-state index is -0.498. The fraction of sp³-hybridized carbons (Fsp3) is 0.280. The van der Waals surface area contributed by atoms with Gasteiger partial charge in [0.2, 0.25) is 0 Å². The van der Waals surface area contributed by atoms with Crippen molar-refractivity contribution in [3.8, 4) is 11.5 Å². The van der Waals surface area contributed by atoms with Crippen LogP contribution in [0.4, 0.5) is 0 Å². The molecule has 1 atom stereocenters. The van der Waals surface area contributed by atoms with E-state index in [9.17, 15) is 9.59 Å². The number of hydrogen-bond donors (Lipinski definition) is 0. The largest absolute Gasteiger partial charge is 0.493 e. The van der Waals surface area contributed by atoms with Crippen LogP contribution in [0.3, 0.4) is 0 Å². The molecule has 0 saturated heterocycles. The highest BCUT2D eigenvalue weighted by Gasteiger charge is 2.50. The highest BCUT2D eigenvalue weighted by molar-refractivity contribution is 6.01. The van der Waals surface area contributed by atoms with E-state index in [4.69, 9.17) is 9.47 Å². The van der Waals surface area contributed by atoms with Gasteiger partial charge in [0.15, 0.2) is 17.3 Å². The molecular weight excluding hydrogens is 378 g/mol. The fourth-order valence-electron chi connectivity index (χ4n) is 5.16. The summed E-state index contributed by atoms with van der Waals surface area (Å²) in [6.07, 6.45) is 8.57. The average molecular weight is 401 g/mol. The Morgan fingerprint density at radius 1 is 1.10 bits per heavy atom. The molecule has 1 amide bonds. The predicted molar refractivity (Wildman–Crippen MR) is 113 cm³/mol. The summed E-state index contributed by atoms with van der Waals surface area (Å²) in [7, 11) is 3.28. The molecule has 1 aliphatic heterocycles. The summed E-state index contributed by atoms with van der Waals surface area (Å²) in [6.45, 7) is 0.642. The molecule has 0 fully saturated rings. The topological polar surface area (TPSA) is 55.8 Å². The first-order valence-corrected chi connectivity index (χ1v) is 10.1. The van der Waals surface area contributed by atoms with E-state index in [-0.39, 0.29) is 17.7 Å². The van der Waals surface area contributed by atoms with E-state index >= 15 is 0 Å². The highest BCUT2D eigenvalue weighted by atomic mass is 16.5. The Labute approximate surface area is 175 Å². The Balaban J connectivity index is 1.69. The molecule has 0 aromatic heterocycles. The summed E-state index contributed by atoms with van der Waals surface area (Å²) >= 11 is 0. The van der Waals surface area contributed by atoms with Crippen molar-refractivity contribution in [2.24, 2.45) is 0 Å². The summed E-state index contributed by atoms with van der Waals surface area (Å²) in [6, 6.07) is 11.4. The average Bonchev–Trinajstić information content (AvgIpc) is 3.12. The number of methoxy groups -OCH3 is 2. The molecule has 5 rings (SSSR count). The van der Waals surface area contributed by atoms with E-state index in [2.05, 4.69) is 0 Å². The van der Waals surface area contributed by atoms with Crippen molar-refractivity contribution in [2.45, 2.75) is 24.3 Å². The molecule has 2 aromatic rings. The van der Waals surface area contributed by atoms with Gasteiger partial charge in [-0.1, -0.05) is 30.4 Å². The smallest absolute Gasteiger partial charge is 0.254 e. The SMILES string of the molecule is COc1cc2c3c(c1OC)C1(C=CC(=O)C=C1)C[C@@H]3N(C(=O)c1ccccc1)CC2. The van der Waals surface area contributed by atoms with Crippen LogP contribution in [0.2, 0.25) is 0 Å². The predicted octanol–water partition coefficient (Wildman–Crippen LogP) is 3.78. The molecule has 1 heterocycles. The molecule has 5 nitrogen and oxygen atoms in total. The monoisotopic (exact) mass is 401 g/mol. The fourth-order valence-corrected chi connectivity index (χ4v) is 5.16. The van der Waals surface area contributed by atoms with Crippen LogP contribution < -0.4 is 9.47 Å². The van der Waals surface area contributed by atoms with Gasteiger partial charge in [0.05, 0.1) is 20.3 Å². The van der Waals surface area contributed by atoms with Crippen LogP contribution in [0.1, 0.15) is 39.5 Å². The molecule has 3 aliphatic rings. The van der Waals surface area contributed by atoms with Crippen LogP contribution in [0, 0.1) is 0 Å². The second kappa shape index (κ2) is 6.87. The van der Waals surface area contributed by atoms with Crippen molar-refractivity contribution in [3.63, 3.8) is 0 Å². The lowest BCUT2D eigenvalue weighted by atomic mass is 9.77. The molecule has 0 bridgehead atoms. The summed E-state index contributed by atoms with van der Waals surface area (Å²) in [5.74, 6) is 1.37. The minimum absolute atomic E-state index is 0.0280. The van der Waals surface area contributed by atoms with Crippen molar-refractivity contribution in [1.29, 1.82) is 0 Å². The van der Waals surface area contributed by atoms with Crippen molar-refractivity contribution in [2.75, 3.05) is 20.8 Å². The zero-order valence-electron chi connectivity index (χ0n) is 17.1. The van der Waals surface area contributed by atoms with Crippen LogP contribution in [-0.2, 0) is 16.6 Å². The number of ether oxygens (including phenoxy) is 2. The van der Waals surface area contributed by atoms with Gasteiger partial charge in [-0.3, -0.25) is 9.59 Å². The van der Waals surface area contributed by atoms with Gasteiger partial charge in [-0.2, -0.15) is 0 Å². The molecule has 152 valence electrons. The van der Waals surface area contributed by atoms with Gasteiger partial charge in [-0.15, -0.1) is 0 Å². The van der Waals surface area contributed by atoms with Crippen LogP contribution in [0.15, 0.2) is 60.7 Å². The minimum Gasteiger partial charge on any atom is -0.493 e. The lowest BCUT2D eigenvalue weighted by Crippen LogP contribution is -2.39. The molecule has 2 aliphatic carbocycles. The van der Waals surface area contributed by atoms with Gasteiger partial charge in [-0.25, -0.2) is 0 Å².